The Morgan fingerprint density at radius 3 is 1.83 bits per heavy atom. The van der Waals surface area contributed by atoms with Crippen molar-refractivity contribution in [3.63, 3.8) is 0 Å². The molecule has 1 N–H and O–H groups in total. The number of benzene rings is 1. The highest BCUT2D eigenvalue weighted by atomic mass is 32.1. The van der Waals surface area contributed by atoms with Crippen LogP contribution < -0.4 is 5.32 Å². The number of nitrogens with zero attached hydrogens (tertiary/aromatic N) is 4. The Labute approximate surface area is 147 Å². The number of rotatable bonds is 4. The summed E-state index contributed by atoms with van der Waals surface area (Å²) < 4.78 is 3.85. The van der Waals surface area contributed by atoms with Crippen LogP contribution in [0.2, 0.25) is 0 Å². The minimum atomic E-state index is -0.303. The molecular formula is C18H21N5S. The van der Waals surface area contributed by atoms with Gasteiger partial charge in [0, 0.05) is 17.1 Å². The number of anilines is 1. The van der Waals surface area contributed by atoms with Crippen LogP contribution in [0.15, 0.2) is 42.5 Å². The fourth-order valence-electron chi connectivity index (χ4n) is 2.84. The van der Waals surface area contributed by atoms with Gasteiger partial charge >= 0.3 is 0 Å². The van der Waals surface area contributed by atoms with Crippen molar-refractivity contribution in [2.75, 3.05) is 5.32 Å². The van der Waals surface area contributed by atoms with Crippen molar-refractivity contribution >= 4 is 22.9 Å². The molecule has 0 atom stereocenters. The average molecular weight is 339 g/mol. The topological polar surface area (TPSA) is 47.7 Å². The minimum absolute atomic E-state index is 0.303. The fraction of sp³-hybridized carbons (Fsp3) is 0.278. The highest BCUT2D eigenvalue weighted by Gasteiger charge is 2.24. The molecule has 0 bridgehead atoms. The van der Waals surface area contributed by atoms with Gasteiger partial charge in [0.2, 0.25) is 0 Å². The number of hydrogen-bond donors (Lipinski definition) is 1. The fourth-order valence-corrected chi connectivity index (χ4v) is 3.16. The van der Waals surface area contributed by atoms with Crippen LogP contribution in [0, 0.1) is 27.7 Å². The predicted molar refractivity (Wildman–Crippen MR) is 100 cm³/mol. The van der Waals surface area contributed by atoms with E-state index in [0.29, 0.717) is 4.99 Å². The van der Waals surface area contributed by atoms with Crippen molar-refractivity contribution in [2.45, 2.75) is 33.9 Å². The van der Waals surface area contributed by atoms with E-state index in [1.807, 2.05) is 79.5 Å². The molecular weight excluding hydrogens is 318 g/mol. The van der Waals surface area contributed by atoms with E-state index in [1.54, 1.807) is 0 Å². The Morgan fingerprint density at radius 1 is 0.917 bits per heavy atom. The Bertz CT molecular complexity index is 817. The summed E-state index contributed by atoms with van der Waals surface area (Å²) in [4.78, 5) is 0.651. The first-order valence-electron chi connectivity index (χ1n) is 7.87. The minimum Gasteiger partial charge on any atom is -0.347 e. The van der Waals surface area contributed by atoms with Crippen molar-refractivity contribution in [1.82, 2.24) is 19.6 Å². The SMILES string of the molecule is Cc1cc(C)n(C(C(=S)Nc2ccccc2)n2nc(C)cc2C)n1. The smallest absolute Gasteiger partial charge is 0.194 e. The lowest BCUT2D eigenvalue weighted by atomic mass is 10.3. The van der Waals surface area contributed by atoms with E-state index in [-0.39, 0.29) is 6.17 Å². The van der Waals surface area contributed by atoms with Gasteiger partial charge < -0.3 is 5.32 Å². The molecule has 5 nitrogen and oxygen atoms in total. The van der Waals surface area contributed by atoms with Crippen molar-refractivity contribution in [2.24, 2.45) is 0 Å². The summed E-state index contributed by atoms with van der Waals surface area (Å²) in [5.74, 6) is 0. The first kappa shape index (κ1) is 16.4. The molecule has 6 heteroatoms. The molecule has 0 amide bonds. The molecule has 2 aromatic heterocycles. The third-order valence-electron chi connectivity index (χ3n) is 3.83. The molecule has 0 radical (unpaired) electrons. The molecule has 0 spiro atoms. The van der Waals surface area contributed by atoms with E-state index in [0.717, 1.165) is 28.5 Å². The first-order valence-corrected chi connectivity index (χ1v) is 8.28. The quantitative estimate of drug-likeness (QED) is 0.735. The first-order chi connectivity index (χ1) is 11.5. The summed E-state index contributed by atoms with van der Waals surface area (Å²) in [6, 6.07) is 14.0. The van der Waals surface area contributed by atoms with Gasteiger partial charge in [-0.25, -0.2) is 9.36 Å². The van der Waals surface area contributed by atoms with Gasteiger partial charge in [0.1, 0.15) is 4.99 Å². The molecule has 0 aliphatic heterocycles. The van der Waals surface area contributed by atoms with Crippen LogP contribution in [0.25, 0.3) is 0 Å². The average Bonchev–Trinajstić information content (AvgIpc) is 3.02. The Hall–Kier alpha value is -2.47. The van der Waals surface area contributed by atoms with Gasteiger partial charge in [0.05, 0.1) is 11.4 Å². The van der Waals surface area contributed by atoms with Crippen LogP contribution in [0.1, 0.15) is 28.9 Å². The van der Waals surface area contributed by atoms with Crippen LogP contribution in [-0.2, 0) is 0 Å². The van der Waals surface area contributed by atoms with Gasteiger partial charge in [-0.1, -0.05) is 30.4 Å². The molecule has 3 aromatic rings. The van der Waals surface area contributed by atoms with Crippen molar-refractivity contribution in [3.8, 4) is 0 Å². The monoisotopic (exact) mass is 339 g/mol. The zero-order valence-corrected chi connectivity index (χ0v) is 15.1. The number of aryl methyl sites for hydroxylation is 4. The number of nitrogens with one attached hydrogen (secondary N) is 1. The molecule has 2 heterocycles. The maximum atomic E-state index is 5.73. The van der Waals surface area contributed by atoms with Gasteiger partial charge in [-0.2, -0.15) is 10.2 Å². The van der Waals surface area contributed by atoms with Crippen molar-refractivity contribution in [3.05, 3.63) is 65.2 Å². The van der Waals surface area contributed by atoms with E-state index >= 15 is 0 Å². The molecule has 0 unspecified atom stereocenters. The third kappa shape index (κ3) is 3.23. The van der Waals surface area contributed by atoms with E-state index in [1.165, 1.54) is 0 Å². The number of aromatic nitrogens is 4. The Kier molecular flexibility index (Phi) is 4.49. The second-order valence-electron chi connectivity index (χ2n) is 5.97. The van der Waals surface area contributed by atoms with Crippen LogP contribution in [0.4, 0.5) is 5.69 Å². The molecule has 1 aromatic carbocycles. The largest absolute Gasteiger partial charge is 0.347 e. The van der Waals surface area contributed by atoms with Crippen LogP contribution in [-0.4, -0.2) is 24.5 Å². The summed E-state index contributed by atoms with van der Waals surface area (Å²) in [6.45, 7) is 8.03. The Morgan fingerprint density at radius 2 is 1.42 bits per heavy atom. The molecule has 0 saturated carbocycles. The molecule has 3 rings (SSSR count). The van der Waals surface area contributed by atoms with Gasteiger partial charge in [0.25, 0.3) is 0 Å². The number of hydrogen-bond acceptors (Lipinski definition) is 3. The number of thiocarbonyl (C=S) groups is 1. The summed E-state index contributed by atoms with van der Waals surface area (Å²) in [6.07, 6.45) is -0.303. The lowest BCUT2D eigenvalue weighted by molar-refractivity contribution is 0.440. The highest BCUT2D eigenvalue weighted by molar-refractivity contribution is 7.80. The lowest BCUT2D eigenvalue weighted by Gasteiger charge is -2.23. The third-order valence-corrected chi connectivity index (χ3v) is 4.14. The summed E-state index contributed by atoms with van der Waals surface area (Å²) in [5.41, 5.74) is 4.96. The molecule has 24 heavy (non-hydrogen) atoms. The lowest BCUT2D eigenvalue weighted by Crippen LogP contribution is -2.33. The van der Waals surface area contributed by atoms with Crippen LogP contribution >= 0.6 is 12.2 Å². The van der Waals surface area contributed by atoms with Gasteiger partial charge in [-0.15, -0.1) is 0 Å². The van der Waals surface area contributed by atoms with E-state index in [4.69, 9.17) is 12.2 Å². The van der Waals surface area contributed by atoms with Gasteiger partial charge in [0.15, 0.2) is 6.17 Å². The van der Waals surface area contributed by atoms with Crippen molar-refractivity contribution in [1.29, 1.82) is 0 Å². The van der Waals surface area contributed by atoms with E-state index in [9.17, 15) is 0 Å². The molecule has 0 aliphatic carbocycles. The summed E-state index contributed by atoms with van der Waals surface area (Å²) in [7, 11) is 0. The zero-order valence-electron chi connectivity index (χ0n) is 14.3. The zero-order chi connectivity index (χ0) is 17.3. The van der Waals surface area contributed by atoms with Gasteiger partial charge in [-0.3, -0.25) is 0 Å². The van der Waals surface area contributed by atoms with Crippen LogP contribution in [0.5, 0.6) is 0 Å². The summed E-state index contributed by atoms with van der Waals surface area (Å²) in [5, 5.41) is 12.6. The summed E-state index contributed by atoms with van der Waals surface area (Å²) >= 11 is 5.73. The molecule has 124 valence electrons. The Balaban J connectivity index is 2.03. The maximum Gasteiger partial charge on any atom is 0.194 e. The van der Waals surface area contributed by atoms with Crippen molar-refractivity contribution < 1.29 is 0 Å². The molecule has 0 saturated heterocycles. The number of para-hydroxylation sites is 1. The maximum absolute atomic E-state index is 5.73. The molecule has 0 aliphatic rings. The normalized spacial score (nSPS) is 11.0. The molecule has 0 fully saturated rings. The second kappa shape index (κ2) is 6.57. The predicted octanol–water partition coefficient (Wildman–Crippen LogP) is 3.80. The van der Waals surface area contributed by atoms with E-state index in [2.05, 4.69) is 15.5 Å². The van der Waals surface area contributed by atoms with Crippen LogP contribution in [0.3, 0.4) is 0 Å². The van der Waals surface area contributed by atoms with Gasteiger partial charge in [-0.05, 0) is 52.0 Å². The highest BCUT2D eigenvalue weighted by Crippen LogP contribution is 2.20. The standard InChI is InChI=1S/C18H21N5S/c1-12-10-14(3)22(20-12)18(23-15(4)11-13(2)21-23)17(24)19-16-8-6-5-7-9-16/h5-11,18H,1-4H3,(H,19,24). The second-order valence-corrected chi connectivity index (χ2v) is 6.41. The van der Waals surface area contributed by atoms with E-state index < -0.39 is 0 Å².